The molecule has 1 aliphatic rings. The predicted molar refractivity (Wildman–Crippen MR) is 91.7 cm³/mol. The van der Waals surface area contributed by atoms with Gasteiger partial charge in [0, 0.05) is 4.47 Å². The summed E-state index contributed by atoms with van der Waals surface area (Å²) in [5.74, 6) is 0.743. The predicted octanol–water partition coefficient (Wildman–Crippen LogP) is 2.42. The van der Waals surface area contributed by atoms with E-state index in [1.807, 2.05) is 38.4 Å². The summed E-state index contributed by atoms with van der Waals surface area (Å²) in [6.07, 6.45) is 1.72. The van der Waals surface area contributed by atoms with Crippen LogP contribution in [0.3, 0.4) is 0 Å². The number of carbonyl (C=O) groups is 1. The van der Waals surface area contributed by atoms with Crippen molar-refractivity contribution in [3.05, 3.63) is 63.3 Å². The zero-order chi connectivity index (χ0) is 16.6. The molecule has 1 aliphatic heterocycles. The van der Waals surface area contributed by atoms with E-state index in [9.17, 15) is 9.90 Å². The van der Waals surface area contributed by atoms with Crippen molar-refractivity contribution < 1.29 is 19.5 Å². The van der Waals surface area contributed by atoms with Gasteiger partial charge in [0.1, 0.15) is 12.3 Å². The van der Waals surface area contributed by atoms with Crippen LogP contribution in [0.1, 0.15) is 21.5 Å². The van der Waals surface area contributed by atoms with Gasteiger partial charge in [-0.2, -0.15) is 0 Å². The molecule has 0 aliphatic carbocycles. The molecule has 0 saturated carbocycles. The van der Waals surface area contributed by atoms with Crippen LogP contribution in [0.4, 0.5) is 0 Å². The Morgan fingerprint density at radius 3 is 2.74 bits per heavy atom. The first-order chi connectivity index (χ1) is 11.0. The number of nitrogens with one attached hydrogen (secondary N) is 1. The maximum absolute atomic E-state index is 12.5. The molecule has 3 rings (SSSR count). The van der Waals surface area contributed by atoms with E-state index in [1.54, 1.807) is 18.2 Å². The molecule has 0 radical (unpaired) electrons. The molecule has 0 saturated heterocycles. The van der Waals surface area contributed by atoms with Crippen LogP contribution in [0.25, 0.3) is 6.08 Å². The summed E-state index contributed by atoms with van der Waals surface area (Å²) in [6.45, 7) is 0.576. The molecule has 0 amide bonds. The number of quaternary nitrogens is 1. The summed E-state index contributed by atoms with van der Waals surface area (Å²) in [4.78, 5) is 13.7. The molecule has 1 heterocycles. The number of carbonyl (C=O) groups excluding carboxylic acids is 1. The second-order valence-corrected chi connectivity index (χ2v) is 6.73. The van der Waals surface area contributed by atoms with Crippen LogP contribution in [0.15, 0.2) is 46.6 Å². The van der Waals surface area contributed by atoms with Crippen LogP contribution in [0.5, 0.6) is 11.5 Å². The van der Waals surface area contributed by atoms with Crippen LogP contribution < -0.4 is 9.64 Å². The lowest BCUT2D eigenvalue weighted by molar-refractivity contribution is -0.872. The number of benzene rings is 2. The van der Waals surface area contributed by atoms with Gasteiger partial charge in [0.05, 0.1) is 25.2 Å². The van der Waals surface area contributed by atoms with Crippen molar-refractivity contribution >= 4 is 27.8 Å². The van der Waals surface area contributed by atoms with Crippen LogP contribution in [0.2, 0.25) is 0 Å². The normalized spacial score (nSPS) is 15.1. The molecule has 5 heteroatoms. The van der Waals surface area contributed by atoms with E-state index in [-0.39, 0.29) is 17.3 Å². The van der Waals surface area contributed by atoms with Gasteiger partial charge >= 0.3 is 0 Å². The van der Waals surface area contributed by atoms with Crippen LogP contribution >= 0.6 is 15.9 Å². The molecule has 23 heavy (non-hydrogen) atoms. The number of allylic oxidation sites excluding steroid dienone is 1. The lowest BCUT2D eigenvalue weighted by Gasteiger charge is -2.12. The Morgan fingerprint density at radius 2 is 2.04 bits per heavy atom. The van der Waals surface area contributed by atoms with Crippen molar-refractivity contribution in [1.82, 2.24) is 0 Å². The minimum absolute atomic E-state index is 0.154. The summed E-state index contributed by atoms with van der Waals surface area (Å²) >= 11 is 3.41. The number of phenolic OH excluding ortho intramolecular Hbond substituents is 1. The fraction of sp³-hybridized carbons (Fsp3) is 0.167. The number of phenols is 1. The topological polar surface area (TPSA) is 51.0 Å². The largest absolute Gasteiger partial charge is 0.507 e. The van der Waals surface area contributed by atoms with E-state index in [0.29, 0.717) is 23.4 Å². The summed E-state index contributed by atoms with van der Waals surface area (Å²) in [7, 11) is 3.96. The van der Waals surface area contributed by atoms with Crippen molar-refractivity contribution in [3.63, 3.8) is 0 Å². The maximum Gasteiger partial charge on any atom is 0.231 e. The van der Waals surface area contributed by atoms with Gasteiger partial charge in [-0.3, -0.25) is 4.79 Å². The Kier molecular flexibility index (Phi) is 4.24. The summed E-state index contributed by atoms with van der Waals surface area (Å²) in [5, 5.41) is 10.1. The Bertz CT molecular complexity index is 812. The number of Topliss-reactive ketones (excluding diaryl/α,β-unsaturated/α-hetero) is 1. The van der Waals surface area contributed by atoms with Crippen LogP contribution in [-0.2, 0) is 6.54 Å². The lowest BCUT2D eigenvalue weighted by Crippen LogP contribution is -3.04. The SMILES string of the molecule is C[NH+](C)Cc1c(O)ccc2c1O/C(=C/c1cccc(Br)c1)C2=O. The highest BCUT2D eigenvalue weighted by Gasteiger charge is 2.31. The van der Waals surface area contributed by atoms with Crippen molar-refractivity contribution in [3.8, 4) is 11.5 Å². The van der Waals surface area contributed by atoms with Gasteiger partial charge in [0.25, 0.3) is 0 Å². The van der Waals surface area contributed by atoms with Gasteiger partial charge in [-0.05, 0) is 35.9 Å². The monoisotopic (exact) mass is 374 g/mol. The van der Waals surface area contributed by atoms with Crippen LogP contribution in [-0.4, -0.2) is 25.0 Å². The quantitative estimate of drug-likeness (QED) is 0.811. The van der Waals surface area contributed by atoms with E-state index in [2.05, 4.69) is 15.9 Å². The minimum Gasteiger partial charge on any atom is -0.507 e. The zero-order valence-corrected chi connectivity index (χ0v) is 14.5. The van der Waals surface area contributed by atoms with Gasteiger partial charge in [0.2, 0.25) is 5.78 Å². The Labute approximate surface area is 143 Å². The Balaban J connectivity index is 2.02. The van der Waals surface area contributed by atoms with Gasteiger partial charge in [-0.25, -0.2) is 0 Å². The molecular weight excluding hydrogens is 358 g/mol. The van der Waals surface area contributed by atoms with Crippen molar-refractivity contribution in [2.45, 2.75) is 6.54 Å². The minimum atomic E-state index is -0.157. The molecule has 2 N–H and O–H groups in total. The highest BCUT2D eigenvalue weighted by atomic mass is 79.9. The molecule has 0 aromatic heterocycles. The number of hydrogen-bond acceptors (Lipinski definition) is 3. The third-order valence-corrected chi connectivity index (χ3v) is 4.09. The average Bonchev–Trinajstić information content (AvgIpc) is 2.79. The van der Waals surface area contributed by atoms with Crippen molar-refractivity contribution in [2.24, 2.45) is 0 Å². The number of aromatic hydroxyl groups is 1. The molecule has 0 fully saturated rings. The number of rotatable bonds is 3. The second kappa shape index (κ2) is 6.18. The van der Waals surface area contributed by atoms with E-state index >= 15 is 0 Å². The fourth-order valence-electron chi connectivity index (χ4n) is 2.57. The highest BCUT2D eigenvalue weighted by Crippen LogP contribution is 2.39. The van der Waals surface area contributed by atoms with Gasteiger partial charge in [0.15, 0.2) is 11.5 Å². The van der Waals surface area contributed by atoms with Gasteiger partial charge in [-0.1, -0.05) is 28.1 Å². The van der Waals surface area contributed by atoms with E-state index in [1.165, 1.54) is 0 Å². The molecule has 0 atom stereocenters. The molecular formula is C18H17BrNO3+. The van der Waals surface area contributed by atoms with Crippen LogP contribution in [0, 0.1) is 0 Å². The smallest absolute Gasteiger partial charge is 0.231 e. The molecule has 2 aromatic rings. The molecule has 0 spiro atoms. The molecule has 0 bridgehead atoms. The summed E-state index contributed by atoms with van der Waals surface area (Å²) in [6, 6.07) is 10.8. The maximum atomic E-state index is 12.5. The lowest BCUT2D eigenvalue weighted by atomic mass is 10.0. The number of fused-ring (bicyclic) bond motifs is 1. The average molecular weight is 375 g/mol. The number of hydrogen-bond donors (Lipinski definition) is 2. The fourth-order valence-corrected chi connectivity index (χ4v) is 2.99. The van der Waals surface area contributed by atoms with Gasteiger partial charge in [-0.15, -0.1) is 0 Å². The van der Waals surface area contributed by atoms with Crippen molar-refractivity contribution in [1.29, 1.82) is 0 Å². The van der Waals surface area contributed by atoms with E-state index < -0.39 is 0 Å². The van der Waals surface area contributed by atoms with Gasteiger partial charge < -0.3 is 14.7 Å². The molecule has 0 unspecified atom stereocenters. The Morgan fingerprint density at radius 1 is 1.26 bits per heavy atom. The number of ketones is 1. The third-order valence-electron chi connectivity index (χ3n) is 3.59. The first-order valence-electron chi connectivity index (χ1n) is 7.29. The molecule has 118 valence electrons. The standard InChI is InChI=1S/C18H16BrNO3/c1-20(2)10-14-15(21)7-6-13-17(22)16(23-18(13)14)9-11-4-3-5-12(19)8-11/h3-9,21H,10H2,1-2H3/p+1/b16-9+. The summed E-state index contributed by atoms with van der Waals surface area (Å²) < 4.78 is 6.73. The van der Waals surface area contributed by atoms with E-state index in [4.69, 9.17) is 4.74 Å². The number of ether oxygens (including phenoxy) is 1. The Hall–Kier alpha value is -2.11. The molecule has 2 aromatic carbocycles. The summed E-state index contributed by atoms with van der Waals surface area (Å²) in [5.41, 5.74) is 2.04. The molecule has 4 nitrogen and oxygen atoms in total. The first-order valence-corrected chi connectivity index (χ1v) is 8.08. The van der Waals surface area contributed by atoms with Crippen molar-refractivity contribution in [2.75, 3.05) is 14.1 Å². The third kappa shape index (κ3) is 3.16. The first kappa shape index (κ1) is 15.8. The highest BCUT2D eigenvalue weighted by molar-refractivity contribution is 9.10. The second-order valence-electron chi connectivity index (χ2n) is 5.82. The zero-order valence-electron chi connectivity index (χ0n) is 12.9. The van der Waals surface area contributed by atoms with E-state index in [0.717, 1.165) is 14.9 Å². The number of halogens is 1.